The van der Waals surface area contributed by atoms with Crippen LogP contribution < -0.4 is 9.47 Å². The van der Waals surface area contributed by atoms with E-state index in [1.165, 1.54) is 7.11 Å². The van der Waals surface area contributed by atoms with Crippen molar-refractivity contribution in [1.82, 2.24) is 4.90 Å². The fourth-order valence-corrected chi connectivity index (χ4v) is 6.90. The topological polar surface area (TPSA) is 86.7 Å². The number of aliphatic hydroxyl groups excluding tert-OH is 1. The minimum Gasteiger partial charge on any atom is -0.493 e. The lowest BCUT2D eigenvalue weighted by Gasteiger charge is -2.60. The molecule has 4 aliphatic rings. The first-order valence-corrected chi connectivity index (χ1v) is 9.83. The number of hydrogen-bond donors (Lipinski definition) is 1. The van der Waals surface area contributed by atoms with Crippen LogP contribution in [-0.4, -0.2) is 74.9 Å². The fourth-order valence-electron chi connectivity index (χ4n) is 6.90. The van der Waals surface area contributed by atoms with Crippen molar-refractivity contribution in [3.8, 4) is 11.5 Å². The van der Waals surface area contributed by atoms with E-state index in [-0.39, 0.29) is 18.4 Å². The molecule has 2 aliphatic heterocycles. The number of likely N-dealkylation sites (tertiary alicyclic amines) is 1. The third-order valence-electron chi connectivity index (χ3n) is 7.81. The lowest BCUT2D eigenvalue weighted by Crippen LogP contribution is -2.77. The Morgan fingerprint density at radius 2 is 1.93 bits per heavy atom. The monoisotopic (exact) mass is 405 g/mol. The minimum absolute atomic E-state index is 0.0163. The predicted molar refractivity (Wildman–Crippen MR) is 101 cm³/mol. The molecule has 29 heavy (non-hydrogen) atoms. The molecule has 2 heterocycles. The lowest BCUT2D eigenvalue weighted by atomic mass is 9.50. The van der Waals surface area contributed by atoms with Crippen molar-refractivity contribution in [2.75, 3.05) is 35.5 Å². The van der Waals surface area contributed by atoms with Gasteiger partial charge in [0.15, 0.2) is 11.5 Å². The van der Waals surface area contributed by atoms with Crippen molar-refractivity contribution < 1.29 is 33.6 Å². The summed E-state index contributed by atoms with van der Waals surface area (Å²) >= 11 is 0. The Morgan fingerprint density at radius 1 is 1.17 bits per heavy atom. The van der Waals surface area contributed by atoms with Gasteiger partial charge in [0.2, 0.25) is 11.7 Å². The number of carbonyl (C=O) groups is 1. The van der Waals surface area contributed by atoms with Gasteiger partial charge >= 0.3 is 0 Å². The molecule has 1 saturated carbocycles. The van der Waals surface area contributed by atoms with Crippen LogP contribution in [0.15, 0.2) is 12.1 Å². The highest BCUT2D eigenvalue weighted by molar-refractivity contribution is 5.85. The number of likely N-dealkylation sites (N-methyl/N-ethyl adjacent to an activating group) is 1. The molecule has 2 aliphatic carbocycles. The summed E-state index contributed by atoms with van der Waals surface area (Å²) < 4.78 is 29.8. The van der Waals surface area contributed by atoms with Crippen LogP contribution >= 0.6 is 0 Å². The van der Waals surface area contributed by atoms with Gasteiger partial charge in [-0.2, -0.15) is 0 Å². The van der Waals surface area contributed by atoms with Gasteiger partial charge in [-0.1, -0.05) is 6.07 Å². The molecule has 5 rings (SSSR count). The molecule has 2 bridgehead atoms. The van der Waals surface area contributed by atoms with E-state index in [4.69, 9.17) is 23.7 Å². The van der Waals surface area contributed by atoms with E-state index in [1.54, 1.807) is 33.3 Å². The van der Waals surface area contributed by atoms with Gasteiger partial charge in [0.25, 0.3) is 0 Å². The Hall–Kier alpha value is -1.87. The predicted octanol–water partition coefficient (Wildman–Crippen LogP) is 1.14. The molecular weight excluding hydrogens is 378 g/mol. The number of benzene rings is 1. The summed E-state index contributed by atoms with van der Waals surface area (Å²) in [7, 11) is 8.08. The molecule has 0 radical (unpaired) electrons. The molecule has 2 saturated heterocycles. The molecule has 6 atom stereocenters. The minimum atomic E-state index is -1.30. The Balaban J connectivity index is 1.91. The smallest absolute Gasteiger partial charge is 0.223 e. The molecule has 1 aromatic rings. The van der Waals surface area contributed by atoms with Gasteiger partial charge in [0.05, 0.1) is 26.4 Å². The molecule has 158 valence electrons. The molecule has 3 fully saturated rings. The standard InChI is InChI=1S/C21H27NO7/c1-22-15(24)10-19-8-12(23)18(27-4)21(28-5)20(19,22)9-14(29-21)11-6-7-13(25-2)17(26-3)16(11)19/h6-7,12,14,18,23H,8-10H2,1-5H3. The maximum atomic E-state index is 13.2. The van der Waals surface area contributed by atoms with Crippen molar-refractivity contribution in [3.63, 3.8) is 0 Å². The summed E-state index contributed by atoms with van der Waals surface area (Å²) in [4.78, 5) is 15.0. The number of hydrogen-bond acceptors (Lipinski definition) is 7. The summed E-state index contributed by atoms with van der Waals surface area (Å²) in [6.07, 6.45) is -0.810. The first kappa shape index (κ1) is 19.1. The van der Waals surface area contributed by atoms with Gasteiger partial charge in [-0.3, -0.25) is 4.79 Å². The molecule has 8 heteroatoms. The van der Waals surface area contributed by atoms with Crippen molar-refractivity contribution in [1.29, 1.82) is 0 Å². The van der Waals surface area contributed by atoms with E-state index in [0.717, 1.165) is 11.1 Å². The highest BCUT2D eigenvalue weighted by Crippen LogP contribution is 2.73. The van der Waals surface area contributed by atoms with Gasteiger partial charge < -0.3 is 33.7 Å². The first-order chi connectivity index (χ1) is 13.9. The van der Waals surface area contributed by atoms with E-state index >= 15 is 0 Å². The molecule has 0 aromatic heterocycles. The van der Waals surface area contributed by atoms with Gasteiger partial charge in [-0.05, 0) is 18.1 Å². The normalized spacial score (nSPS) is 41.9. The fraction of sp³-hybridized carbons (Fsp3) is 0.667. The second kappa shape index (κ2) is 5.85. The van der Waals surface area contributed by atoms with E-state index < -0.39 is 28.9 Å². The number of carbonyl (C=O) groups excluding carboxylic acids is 1. The average molecular weight is 405 g/mol. The van der Waals surface area contributed by atoms with Crippen molar-refractivity contribution in [3.05, 3.63) is 23.3 Å². The molecule has 6 unspecified atom stereocenters. The van der Waals surface area contributed by atoms with Crippen LogP contribution in [0.3, 0.4) is 0 Å². The van der Waals surface area contributed by atoms with E-state index in [1.807, 2.05) is 12.1 Å². The van der Waals surface area contributed by atoms with Gasteiger partial charge in [-0.15, -0.1) is 0 Å². The Kier molecular flexibility index (Phi) is 3.85. The zero-order valence-electron chi connectivity index (χ0n) is 17.4. The Morgan fingerprint density at radius 3 is 2.55 bits per heavy atom. The van der Waals surface area contributed by atoms with E-state index in [0.29, 0.717) is 24.3 Å². The van der Waals surface area contributed by atoms with Crippen molar-refractivity contribution in [2.45, 2.75) is 54.3 Å². The van der Waals surface area contributed by atoms with Gasteiger partial charge in [0, 0.05) is 45.1 Å². The van der Waals surface area contributed by atoms with E-state index in [9.17, 15) is 9.90 Å². The third kappa shape index (κ3) is 1.79. The van der Waals surface area contributed by atoms with Gasteiger partial charge in [0.1, 0.15) is 11.6 Å². The number of ether oxygens (including phenoxy) is 5. The van der Waals surface area contributed by atoms with Crippen molar-refractivity contribution in [2.24, 2.45) is 0 Å². The first-order valence-electron chi connectivity index (χ1n) is 9.83. The van der Waals surface area contributed by atoms with Crippen LogP contribution in [0, 0.1) is 0 Å². The second-order valence-corrected chi connectivity index (χ2v) is 8.45. The quantitative estimate of drug-likeness (QED) is 0.804. The third-order valence-corrected chi connectivity index (χ3v) is 7.81. The number of nitrogens with zero attached hydrogens (tertiary/aromatic N) is 1. The van der Waals surface area contributed by atoms with Crippen LogP contribution in [0.4, 0.5) is 0 Å². The second-order valence-electron chi connectivity index (χ2n) is 8.45. The van der Waals surface area contributed by atoms with E-state index in [2.05, 4.69) is 0 Å². The average Bonchev–Trinajstić information content (AvgIpc) is 3.17. The SMILES string of the molecule is COc1ccc2c(c1OC)C13CC(=O)N(C)C14CC2OC4(OC)C(OC)C(O)C3. The van der Waals surface area contributed by atoms with Crippen LogP contribution in [0.1, 0.15) is 36.5 Å². The summed E-state index contributed by atoms with van der Waals surface area (Å²) in [6, 6.07) is 3.83. The highest BCUT2D eigenvalue weighted by atomic mass is 16.7. The molecule has 8 nitrogen and oxygen atoms in total. The maximum Gasteiger partial charge on any atom is 0.223 e. The van der Waals surface area contributed by atoms with Gasteiger partial charge in [-0.25, -0.2) is 0 Å². The molecule has 1 spiro atoms. The Bertz CT molecular complexity index is 890. The molecule has 1 N–H and O–H groups in total. The Labute approximate surface area is 169 Å². The highest BCUT2D eigenvalue weighted by Gasteiger charge is 2.84. The molecule has 1 amide bonds. The number of amides is 1. The number of fused-ring (bicyclic) bond motifs is 3. The zero-order valence-corrected chi connectivity index (χ0v) is 17.4. The molecular formula is C21H27NO7. The molecule has 1 aromatic carbocycles. The zero-order chi connectivity index (χ0) is 20.8. The maximum absolute atomic E-state index is 13.2. The summed E-state index contributed by atoms with van der Waals surface area (Å²) in [5.74, 6) is -0.147. The van der Waals surface area contributed by atoms with Crippen LogP contribution in [0.25, 0.3) is 0 Å². The summed E-state index contributed by atoms with van der Waals surface area (Å²) in [6.45, 7) is 0. The number of rotatable bonds is 4. The van der Waals surface area contributed by atoms with Crippen molar-refractivity contribution >= 4 is 5.91 Å². The lowest BCUT2D eigenvalue weighted by molar-refractivity contribution is -0.338. The summed E-state index contributed by atoms with van der Waals surface area (Å²) in [5, 5.41) is 11.2. The summed E-state index contributed by atoms with van der Waals surface area (Å²) in [5.41, 5.74) is 0.235. The van der Waals surface area contributed by atoms with Crippen LogP contribution in [0.2, 0.25) is 0 Å². The largest absolute Gasteiger partial charge is 0.493 e. The number of aliphatic hydroxyl groups is 1. The number of methoxy groups -OCH3 is 4. The van der Waals surface area contributed by atoms with Crippen LogP contribution in [0.5, 0.6) is 11.5 Å². The van der Waals surface area contributed by atoms with Crippen LogP contribution in [-0.2, 0) is 24.4 Å².